The zero-order valence-electron chi connectivity index (χ0n) is 6.46. The highest BCUT2D eigenvalue weighted by molar-refractivity contribution is 9.10. The van der Waals surface area contributed by atoms with E-state index >= 15 is 0 Å². The van der Waals surface area contributed by atoms with Crippen LogP contribution in [0.5, 0.6) is 0 Å². The number of nitro groups is 1. The average molecular weight is 282 g/mol. The van der Waals surface area contributed by atoms with Gasteiger partial charge in [-0.05, 0) is 17.7 Å². The minimum atomic E-state index is -1.19. The first kappa shape index (κ1) is 11.1. The first-order chi connectivity index (χ1) is 6.43. The van der Waals surface area contributed by atoms with Crippen LogP contribution in [0.3, 0.4) is 0 Å². The molecule has 0 radical (unpaired) electrons. The lowest BCUT2D eigenvalue weighted by Gasteiger charge is -1.99. The van der Waals surface area contributed by atoms with Crippen LogP contribution in [0.2, 0.25) is 0 Å². The summed E-state index contributed by atoms with van der Waals surface area (Å²) in [5.41, 5.74) is -1.38. The molecule has 0 amide bonds. The molecule has 0 aliphatic rings. The van der Waals surface area contributed by atoms with Crippen LogP contribution in [0.25, 0.3) is 0 Å². The van der Waals surface area contributed by atoms with Gasteiger partial charge >= 0.3 is 0 Å². The van der Waals surface area contributed by atoms with Crippen molar-refractivity contribution in [3.8, 4) is 0 Å². The number of hydrogen-bond donors (Lipinski definition) is 0. The molecule has 0 unspecified atom stereocenters. The van der Waals surface area contributed by atoms with Gasteiger partial charge < -0.3 is 0 Å². The van der Waals surface area contributed by atoms with E-state index in [2.05, 4.69) is 15.9 Å². The third-order valence-electron chi connectivity index (χ3n) is 1.43. The van der Waals surface area contributed by atoms with E-state index in [1.807, 2.05) is 0 Å². The second-order valence-electron chi connectivity index (χ2n) is 2.31. The molecule has 74 valence electrons. The summed E-state index contributed by atoms with van der Waals surface area (Å²) >= 11 is 7.88. The van der Waals surface area contributed by atoms with Gasteiger partial charge in [-0.2, -0.15) is 0 Å². The van der Waals surface area contributed by atoms with Crippen LogP contribution in [0.15, 0.2) is 16.6 Å². The summed E-state index contributed by atoms with van der Waals surface area (Å²) in [6.07, 6.45) is 0. The van der Waals surface area contributed by atoms with Crippen molar-refractivity contribution in [3.63, 3.8) is 0 Å². The highest BCUT2D eigenvalue weighted by Crippen LogP contribution is 2.27. The van der Waals surface area contributed by atoms with Gasteiger partial charge in [0.25, 0.3) is 10.9 Å². The average Bonchev–Trinajstić information content (AvgIpc) is 2.01. The number of nitrogens with zero attached hydrogens (tertiary/aromatic N) is 1. The molecule has 0 fully saturated rings. The Morgan fingerprint density at radius 1 is 1.57 bits per heavy atom. The lowest BCUT2D eigenvalue weighted by Crippen LogP contribution is -2.02. The summed E-state index contributed by atoms with van der Waals surface area (Å²) in [5, 5.41) is 9.24. The molecule has 1 rings (SSSR count). The van der Waals surface area contributed by atoms with Gasteiger partial charge in [-0.25, -0.2) is 4.39 Å². The predicted octanol–water partition coefficient (Wildman–Crippen LogP) is 2.88. The summed E-state index contributed by atoms with van der Waals surface area (Å²) in [4.78, 5) is 20.3. The number of nitro benzene ring substituents is 1. The van der Waals surface area contributed by atoms with Crippen LogP contribution in [0, 0.1) is 15.9 Å². The van der Waals surface area contributed by atoms with Gasteiger partial charge in [-0.3, -0.25) is 14.9 Å². The van der Waals surface area contributed by atoms with Crippen molar-refractivity contribution in [1.29, 1.82) is 0 Å². The summed E-state index contributed by atoms with van der Waals surface area (Å²) in [6, 6.07) is 1.95. The molecule has 14 heavy (non-hydrogen) atoms. The number of carbonyl (C=O) groups is 1. The lowest BCUT2D eigenvalue weighted by molar-refractivity contribution is -0.385. The van der Waals surface area contributed by atoms with Crippen LogP contribution in [-0.2, 0) is 0 Å². The van der Waals surface area contributed by atoms with Gasteiger partial charge in [0.05, 0.1) is 4.92 Å². The molecule has 0 saturated heterocycles. The molecule has 0 saturated carbocycles. The van der Waals surface area contributed by atoms with Crippen molar-refractivity contribution in [2.75, 3.05) is 0 Å². The van der Waals surface area contributed by atoms with Crippen molar-refractivity contribution in [2.45, 2.75) is 0 Å². The molecule has 0 bridgehead atoms. The Morgan fingerprint density at radius 3 is 2.57 bits per heavy atom. The molecule has 1 aromatic rings. The zero-order valence-corrected chi connectivity index (χ0v) is 8.80. The SMILES string of the molecule is O=C(Cl)c1c(F)cc(Br)cc1[N+](=O)[O-]. The van der Waals surface area contributed by atoms with Crippen LogP contribution in [0.4, 0.5) is 10.1 Å². The maximum atomic E-state index is 13.1. The fourth-order valence-corrected chi connectivity index (χ4v) is 1.50. The predicted molar refractivity (Wildman–Crippen MR) is 50.9 cm³/mol. The summed E-state index contributed by atoms with van der Waals surface area (Å²) < 4.78 is 13.3. The van der Waals surface area contributed by atoms with E-state index in [1.165, 1.54) is 0 Å². The molecule has 0 atom stereocenters. The molecular weight excluding hydrogens is 280 g/mol. The number of carbonyl (C=O) groups excluding carboxylic acids is 1. The van der Waals surface area contributed by atoms with E-state index in [0.29, 0.717) is 0 Å². The van der Waals surface area contributed by atoms with Crippen molar-refractivity contribution in [1.82, 2.24) is 0 Å². The molecule has 0 heterocycles. The molecule has 0 aliphatic heterocycles. The highest BCUT2D eigenvalue weighted by atomic mass is 79.9. The standard InChI is InChI=1S/C7H2BrClFNO3/c8-3-1-4(10)6(7(9)12)5(2-3)11(13)14/h1-2H. The molecule has 1 aromatic carbocycles. The Hall–Kier alpha value is -1.01. The Balaban J connectivity index is 3.52. The first-order valence-corrected chi connectivity index (χ1v) is 4.44. The van der Waals surface area contributed by atoms with E-state index in [9.17, 15) is 19.3 Å². The first-order valence-electron chi connectivity index (χ1n) is 3.26. The van der Waals surface area contributed by atoms with Crippen molar-refractivity contribution in [3.05, 3.63) is 38.1 Å². The molecule has 0 aliphatic carbocycles. The Kier molecular flexibility index (Phi) is 3.17. The van der Waals surface area contributed by atoms with E-state index in [-0.39, 0.29) is 4.47 Å². The topological polar surface area (TPSA) is 60.2 Å². The third kappa shape index (κ3) is 2.08. The highest BCUT2D eigenvalue weighted by Gasteiger charge is 2.24. The van der Waals surface area contributed by atoms with Crippen LogP contribution < -0.4 is 0 Å². The number of benzene rings is 1. The van der Waals surface area contributed by atoms with Crippen LogP contribution in [-0.4, -0.2) is 10.2 Å². The van der Waals surface area contributed by atoms with Crippen LogP contribution in [0.1, 0.15) is 10.4 Å². The molecule has 7 heteroatoms. The Bertz CT molecular complexity index is 424. The minimum absolute atomic E-state index is 0.170. The van der Waals surface area contributed by atoms with Gasteiger partial charge in [-0.1, -0.05) is 15.9 Å². The summed E-state index contributed by atoms with van der Waals surface area (Å²) in [7, 11) is 0. The van der Waals surface area contributed by atoms with Gasteiger partial charge in [0.1, 0.15) is 11.4 Å². The molecule has 0 N–H and O–H groups in total. The third-order valence-corrected chi connectivity index (χ3v) is 2.07. The van der Waals surface area contributed by atoms with Crippen molar-refractivity contribution < 1.29 is 14.1 Å². The van der Waals surface area contributed by atoms with E-state index < -0.39 is 27.2 Å². The smallest absolute Gasteiger partial charge is 0.275 e. The Labute approximate surface area is 90.9 Å². The second-order valence-corrected chi connectivity index (χ2v) is 3.57. The fraction of sp³-hybridized carbons (Fsp3) is 0. The van der Waals surface area contributed by atoms with Crippen molar-refractivity contribution >= 4 is 38.5 Å². The Morgan fingerprint density at radius 2 is 2.14 bits per heavy atom. The minimum Gasteiger partial charge on any atom is -0.275 e. The molecule has 4 nitrogen and oxygen atoms in total. The van der Waals surface area contributed by atoms with E-state index in [0.717, 1.165) is 12.1 Å². The van der Waals surface area contributed by atoms with Crippen LogP contribution >= 0.6 is 27.5 Å². The zero-order chi connectivity index (χ0) is 10.9. The normalized spacial score (nSPS) is 9.93. The summed E-state index contributed by atoms with van der Waals surface area (Å²) in [6.45, 7) is 0. The van der Waals surface area contributed by atoms with Gasteiger partial charge in [-0.15, -0.1) is 0 Å². The summed E-state index contributed by atoms with van der Waals surface area (Å²) in [5.74, 6) is -1.02. The second kappa shape index (κ2) is 4.02. The fourth-order valence-electron chi connectivity index (χ4n) is 0.899. The monoisotopic (exact) mass is 281 g/mol. The lowest BCUT2D eigenvalue weighted by atomic mass is 10.2. The molecular formula is C7H2BrClFNO3. The van der Waals surface area contributed by atoms with E-state index in [1.54, 1.807) is 0 Å². The maximum absolute atomic E-state index is 13.1. The van der Waals surface area contributed by atoms with Gasteiger partial charge in [0.2, 0.25) is 0 Å². The quantitative estimate of drug-likeness (QED) is 0.476. The number of hydrogen-bond acceptors (Lipinski definition) is 3. The number of halogens is 3. The van der Waals surface area contributed by atoms with Crippen molar-refractivity contribution in [2.24, 2.45) is 0 Å². The number of rotatable bonds is 2. The molecule has 0 spiro atoms. The van der Waals surface area contributed by atoms with Gasteiger partial charge in [0.15, 0.2) is 0 Å². The van der Waals surface area contributed by atoms with Gasteiger partial charge in [0, 0.05) is 10.5 Å². The molecule has 0 aromatic heterocycles. The largest absolute Gasteiger partial charge is 0.285 e. The van der Waals surface area contributed by atoms with E-state index in [4.69, 9.17) is 11.6 Å². The maximum Gasteiger partial charge on any atom is 0.285 e.